The predicted octanol–water partition coefficient (Wildman–Crippen LogP) is 2.12. The number of carbonyl (C=O) groups excluding carboxylic acids is 1. The zero-order chi connectivity index (χ0) is 5.70. The molecule has 0 radical (unpaired) electrons. The van der Waals surface area contributed by atoms with Crippen LogP contribution in [-0.4, -0.2) is 9.12 Å². The Labute approximate surface area is 65.1 Å². The van der Waals surface area contributed by atoms with Crippen molar-refractivity contribution in [1.29, 1.82) is 0 Å². The minimum Gasteiger partial charge on any atom is -0.288 e. The lowest BCUT2D eigenvalue weighted by Crippen LogP contribution is -1.83. The topological polar surface area (TPSA) is 17.1 Å². The normalized spacial score (nSPS) is 8.86. The first-order valence-electron chi connectivity index (χ1n) is 2.01. The van der Waals surface area contributed by atoms with E-state index in [0.717, 1.165) is 11.8 Å². The molecule has 0 aromatic carbocycles. The van der Waals surface area contributed by atoms with E-state index in [0.29, 0.717) is 6.42 Å². The first-order chi connectivity index (χ1) is 3.27. The first kappa shape index (κ1) is 7.88. The molecule has 0 unspecified atom stereocenters. The molecule has 0 aliphatic carbocycles. The molecule has 0 heterocycles. The maximum absolute atomic E-state index is 10.2. The van der Waals surface area contributed by atoms with Gasteiger partial charge in [-0.3, -0.25) is 4.79 Å². The van der Waals surface area contributed by atoms with Crippen LogP contribution in [0, 0.1) is 0 Å². The SMILES string of the molecule is O=C(I)CCCBr. The van der Waals surface area contributed by atoms with E-state index in [1.165, 1.54) is 0 Å². The summed E-state index contributed by atoms with van der Waals surface area (Å²) in [5.74, 6) is 0. The van der Waals surface area contributed by atoms with E-state index in [-0.39, 0.29) is 3.79 Å². The van der Waals surface area contributed by atoms with Gasteiger partial charge in [-0.15, -0.1) is 0 Å². The van der Waals surface area contributed by atoms with Crippen molar-refractivity contribution in [3.63, 3.8) is 0 Å². The van der Waals surface area contributed by atoms with Gasteiger partial charge in [0.15, 0.2) is 3.79 Å². The molecular formula is C4H6BrIO. The largest absolute Gasteiger partial charge is 0.288 e. The summed E-state index contributed by atoms with van der Waals surface area (Å²) in [7, 11) is 0. The van der Waals surface area contributed by atoms with Crippen molar-refractivity contribution in [3.8, 4) is 0 Å². The van der Waals surface area contributed by atoms with Gasteiger partial charge in [0.2, 0.25) is 0 Å². The van der Waals surface area contributed by atoms with Crippen LogP contribution in [0.3, 0.4) is 0 Å². The molecule has 0 saturated heterocycles. The summed E-state index contributed by atoms with van der Waals surface area (Å²) in [5, 5.41) is 0.932. The van der Waals surface area contributed by atoms with Gasteiger partial charge in [0.1, 0.15) is 0 Å². The smallest absolute Gasteiger partial charge is 0.192 e. The van der Waals surface area contributed by atoms with Crippen LogP contribution in [0.25, 0.3) is 0 Å². The molecule has 0 aromatic rings. The van der Waals surface area contributed by atoms with Gasteiger partial charge in [-0.1, -0.05) is 15.9 Å². The molecule has 0 spiro atoms. The number of carbonyl (C=O) groups is 1. The summed E-state index contributed by atoms with van der Waals surface area (Å²) in [4.78, 5) is 10.2. The molecule has 0 fully saturated rings. The number of alkyl halides is 1. The van der Waals surface area contributed by atoms with Gasteiger partial charge in [0.05, 0.1) is 0 Å². The van der Waals surface area contributed by atoms with Gasteiger partial charge in [0, 0.05) is 11.8 Å². The molecule has 0 atom stereocenters. The van der Waals surface area contributed by atoms with Gasteiger partial charge in [-0.25, -0.2) is 0 Å². The molecule has 0 N–H and O–H groups in total. The highest BCUT2D eigenvalue weighted by Gasteiger charge is 1.90. The van der Waals surface area contributed by atoms with E-state index in [9.17, 15) is 4.79 Å². The highest BCUT2D eigenvalue weighted by atomic mass is 127. The molecule has 42 valence electrons. The Hall–Kier alpha value is 0.880. The van der Waals surface area contributed by atoms with E-state index in [1.54, 1.807) is 22.6 Å². The number of hydrogen-bond acceptors (Lipinski definition) is 1. The summed E-state index contributed by atoms with van der Waals surface area (Å²) in [6.07, 6.45) is 1.66. The Bertz CT molecular complexity index is 64.7. The van der Waals surface area contributed by atoms with Gasteiger partial charge >= 0.3 is 0 Å². The molecule has 7 heavy (non-hydrogen) atoms. The van der Waals surface area contributed by atoms with E-state index >= 15 is 0 Å². The second-order valence-electron chi connectivity index (χ2n) is 1.15. The molecule has 0 saturated carbocycles. The Kier molecular flexibility index (Phi) is 5.66. The molecule has 3 heteroatoms. The molecule has 0 amide bonds. The molecule has 0 aliphatic rings. The maximum Gasteiger partial charge on any atom is 0.192 e. The standard InChI is InChI=1S/C4H6BrIO/c5-3-1-2-4(6)7/h1-3H2. The van der Waals surface area contributed by atoms with Crippen molar-refractivity contribution in [2.75, 3.05) is 5.33 Å². The molecule has 0 aliphatic heterocycles. The maximum atomic E-state index is 10.2. The van der Waals surface area contributed by atoms with Crippen molar-refractivity contribution in [1.82, 2.24) is 0 Å². The molecule has 0 aromatic heterocycles. The molecule has 0 rings (SSSR count). The van der Waals surface area contributed by atoms with Gasteiger partial charge in [-0.2, -0.15) is 0 Å². The van der Waals surface area contributed by atoms with E-state index in [1.807, 2.05) is 0 Å². The van der Waals surface area contributed by atoms with Crippen LogP contribution in [-0.2, 0) is 4.79 Å². The third-order valence-electron chi connectivity index (χ3n) is 0.507. The summed E-state index contributed by atoms with van der Waals surface area (Å²) in [5.41, 5.74) is 0. The summed E-state index contributed by atoms with van der Waals surface area (Å²) < 4.78 is 0.247. The van der Waals surface area contributed by atoms with Crippen LogP contribution in [0.15, 0.2) is 0 Å². The monoisotopic (exact) mass is 276 g/mol. The van der Waals surface area contributed by atoms with Crippen LogP contribution >= 0.6 is 38.5 Å². The van der Waals surface area contributed by atoms with Crippen LogP contribution in [0.5, 0.6) is 0 Å². The van der Waals surface area contributed by atoms with Crippen molar-refractivity contribution in [3.05, 3.63) is 0 Å². The zero-order valence-corrected chi connectivity index (χ0v) is 7.53. The van der Waals surface area contributed by atoms with Crippen LogP contribution in [0.1, 0.15) is 12.8 Å². The average Bonchev–Trinajstić information content (AvgIpc) is 1.61. The third-order valence-corrected chi connectivity index (χ3v) is 1.61. The highest BCUT2D eigenvalue weighted by Crippen LogP contribution is 1.98. The van der Waals surface area contributed by atoms with Crippen molar-refractivity contribution < 1.29 is 4.79 Å². The summed E-state index contributed by atoms with van der Waals surface area (Å²) >= 11 is 5.03. The minimum atomic E-state index is 0.247. The number of rotatable bonds is 3. The van der Waals surface area contributed by atoms with Crippen molar-refractivity contribution in [2.24, 2.45) is 0 Å². The number of halogens is 2. The lowest BCUT2D eigenvalue weighted by Gasteiger charge is -1.83. The fourth-order valence-corrected chi connectivity index (χ4v) is 0.868. The summed E-state index contributed by atoms with van der Waals surface area (Å²) in [6, 6.07) is 0. The third kappa shape index (κ3) is 6.88. The quantitative estimate of drug-likeness (QED) is 0.438. The fraction of sp³-hybridized carbons (Fsp3) is 0.750. The van der Waals surface area contributed by atoms with Crippen molar-refractivity contribution >= 4 is 42.3 Å². The van der Waals surface area contributed by atoms with Crippen LogP contribution in [0.4, 0.5) is 0 Å². The lowest BCUT2D eigenvalue weighted by molar-refractivity contribution is -0.109. The lowest BCUT2D eigenvalue weighted by atomic mass is 10.4. The first-order valence-corrected chi connectivity index (χ1v) is 4.21. The van der Waals surface area contributed by atoms with Crippen molar-refractivity contribution in [2.45, 2.75) is 12.8 Å². The second kappa shape index (κ2) is 5.03. The molecule has 0 bridgehead atoms. The van der Waals surface area contributed by atoms with E-state index in [2.05, 4.69) is 15.9 Å². The minimum absolute atomic E-state index is 0.247. The second-order valence-corrected chi connectivity index (χ2v) is 3.14. The van der Waals surface area contributed by atoms with E-state index < -0.39 is 0 Å². The fourth-order valence-electron chi connectivity index (χ4n) is 0.206. The van der Waals surface area contributed by atoms with Gasteiger partial charge in [-0.05, 0) is 29.0 Å². The van der Waals surface area contributed by atoms with Crippen LogP contribution < -0.4 is 0 Å². The number of hydrogen-bond donors (Lipinski definition) is 0. The Morgan fingerprint density at radius 3 is 2.43 bits per heavy atom. The van der Waals surface area contributed by atoms with E-state index in [4.69, 9.17) is 0 Å². The molecule has 1 nitrogen and oxygen atoms in total. The highest BCUT2D eigenvalue weighted by molar-refractivity contribution is 14.1. The predicted molar refractivity (Wildman–Crippen MR) is 42.1 cm³/mol. The Morgan fingerprint density at radius 1 is 1.71 bits per heavy atom. The molecular weight excluding hydrogens is 271 g/mol. The Morgan fingerprint density at radius 2 is 2.29 bits per heavy atom. The average molecular weight is 277 g/mol. The van der Waals surface area contributed by atoms with Gasteiger partial charge in [0.25, 0.3) is 0 Å². The summed E-state index contributed by atoms with van der Waals surface area (Å²) in [6.45, 7) is 0. The van der Waals surface area contributed by atoms with Crippen LogP contribution in [0.2, 0.25) is 0 Å². The Balaban J connectivity index is 2.82. The zero-order valence-electron chi connectivity index (χ0n) is 3.79. The van der Waals surface area contributed by atoms with Gasteiger partial charge < -0.3 is 0 Å².